The number of aromatic nitrogens is 1. The fraction of sp³-hybridized carbons (Fsp3) is 0.278. The third kappa shape index (κ3) is 2.95. The van der Waals surface area contributed by atoms with Crippen molar-refractivity contribution in [3.05, 3.63) is 65.7 Å². The molecule has 3 rings (SSSR count). The number of furan rings is 1. The number of pyridine rings is 1. The van der Waals surface area contributed by atoms with Gasteiger partial charge in [0.2, 0.25) is 0 Å². The van der Waals surface area contributed by atoms with Crippen molar-refractivity contribution in [3.63, 3.8) is 0 Å². The second kappa shape index (κ2) is 6.13. The number of hydrogen-bond donors (Lipinski definition) is 0. The van der Waals surface area contributed by atoms with Crippen LogP contribution in [0.4, 0.5) is 0 Å². The summed E-state index contributed by atoms with van der Waals surface area (Å²) in [7, 11) is 0. The molecule has 0 aliphatic carbocycles. The molecule has 0 fully saturated rings. The molecule has 2 aromatic heterocycles. The van der Waals surface area contributed by atoms with Crippen LogP contribution in [-0.2, 0) is 31.9 Å². The standard InChI is InChI=1S/C18H18NO.Ir/c1-4-15-6-5-7-17(19-15)18(2,3)14-8-9-16-13(12-14)10-11-20-16;/h5-7,9-12H,4H2,1-3H3;/q-1;. The van der Waals surface area contributed by atoms with Gasteiger partial charge in [-0.15, -0.1) is 11.6 Å². The Bertz CT molecular complexity index is 746. The van der Waals surface area contributed by atoms with Gasteiger partial charge in [-0.3, -0.25) is 4.98 Å². The van der Waals surface area contributed by atoms with Gasteiger partial charge in [-0.1, -0.05) is 32.2 Å². The Labute approximate surface area is 138 Å². The average Bonchev–Trinajstić information content (AvgIpc) is 2.94. The zero-order valence-corrected chi connectivity index (χ0v) is 14.8. The first-order valence-corrected chi connectivity index (χ1v) is 6.97. The van der Waals surface area contributed by atoms with Gasteiger partial charge in [0.1, 0.15) is 0 Å². The van der Waals surface area contributed by atoms with Gasteiger partial charge in [0, 0.05) is 42.5 Å². The monoisotopic (exact) mass is 457 g/mol. The Morgan fingerprint density at radius 1 is 1.24 bits per heavy atom. The summed E-state index contributed by atoms with van der Waals surface area (Å²) in [5.41, 5.74) is 4.04. The van der Waals surface area contributed by atoms with Crippen molar-refractivity contribution in [2.45, 2.75) is 32.6 Å². The van der Waals surface area contributed by atoms with Gasteiger partial charge in [-0.2, -0.15) is 12.1 Å². The minimum atomic E-state index is -0.170. The van der Waals surface area contributed by atoms with E-state index in [1.54, 1.807) is 6.26 Å². The van der Waals surface area contributed by atoms with Crippen molar-refractivity contribution < 1.29 is 24.5 Å². The SMILES string of the molecule is CCc1cccc(C(C)(C)c2[c-]cc3occc3c2)n1.[Ir]. The Kier molecular flexibility index (Phi) is 4.65. The summed E-state index contributed by atoms with van der Waals surface area (Å²) < 4.78 is 5.38. The number of hydrogen-bond acceptors (Lipinski definition) is 2. The van der Waals surface area contributed by atoms with Crippen LogP contribution < -0.4 is 0 Å². The number of rotatable bonds is 3. The molecule has 1 radical (unpaired) electrons. The van der Waals surface area contributed by atoms with Crippen LogP contribution in [0.2, 0.25) is 0 Å². The van der Waals surface area contributed by atoms with Gasteiger partial charge in [0.05, 0.1) is 6.26 Å². The van der Waals surface area contributed by atoms with E-state index in [0.29, 0.717) is 0 Å². The van der Waals surface area contributed by atoms with Crippen LogP contribution in [0.1, 0.15) is 37.7 Å². The first-order valence-electron chi connectivity index (χ1n) is 6.97. The van der Waals surface area contributed by atoms with E-state index in [2.05, 4.69) is 51.1 Å². The Balaban J connectivity index is 0.00000161. The fourth-order valence-corrected chi connectivity index (χ4v) is 2.43. The maximum absolute atomic E-state index is 5.38. The molecule has 111 valence electrons. The maximum atomic E-state index is 5.38. The van der Waals surface area contributed by atoms with Crippen LogP contribution in [-0.4, -0.2) is 4.98 Å². The van der Waals surface area contributed by atoms with Gasteiger partial charge in [-0.05, 0) is 24.6 Å². The minimum absolute atomic E-state index is 0. The molecule has 3 heteroatoms. The Morgan fingerprint density at radius 3 is 2.81 bits per heavy atom. The zero-order valence-electron chi connectivity index (χ0n) is 12.4. The van der Waals surface area contributed by atoms with Crippen molar-refractivity contribution in [2.75, 3.05) is 0 Å². The molecule has 0 aliphatic rings. The molecule has 2 heterocycles. The predicted molar refractivity (Wildman–Crippen MR) is 80.8 cm³/mol. The molecule has 2 nitrogen and oxygen atoms in total. The van der Waals surface area contributed by atoms with Crippen molar-refractivity contribution in [3.8, 4) is 0 Å². The van der Waals surface area contributed by atoms with Crippen LogP contribution in [0, 0.1) is 6.07 Å². The molecule has 0 spiro atoms. The van der Waals surface area contributed by atoms with Crippen molar-refractivity contribution >= 4 is 11.0 Å². The van der Waals surface area contributed by atoms with Crippen molar-refractivity contribution in [1.82, 2.24) is 4.98 Å². The molecule has 0 amide bonds. The van der Waals surface area contributed by atoms with Crippen LogP contribution in [0.5, 0.6) is 0 Å². The molecule has 0 saturated carbocycles. The summed E-state index contributed by atoms with van der Waals surface area (Å²) in [5.74, 6) is 0. The van der Waals surface area contributed by atoms with Gasteiger partial charge >= 0.3 is 0 Å². The van der Waals surface area contributed by atoms with Crippen LogP contribution in [0.25, 0.3) is 11.0 Å². The molecule has 1 aromatic carbocycles. The minimum Gasteiger partial charge on any atom is -0.523 e. The molecule has 21 heavy (non-hydrogen) atoms. The quantitative estimate of drug-likeness (QED) is 0.542. The van der Waals surface area contributed by atoms with Gasteiger partial charge < -0.3 is 4.42 Å². The van der Waals surface area contributed by atoms with Crippen LogP contribution in [0.15, 0.2) is 47.1 Å². The Morgan fingerprint density at radius 2 is 2.05 bits per heavy atom. The van der Waals surface area contributed by atoms with Crippen LogP contribution >= 0.6 is 0 Å². The summed E-state index contributed by atoms with van der Waals surface area (Å²) in [6.07, 6.45) is 2.67. The molecular formula is C18H18IrNO-. The third-order valence-corrected chi connectivity index (χ3v) is 3.87. The molecule has 0 saturated heterocycles. The molecular weight excluding hydrogens is 438 g/mol. The smallest absolute Gasteiger partial charge is 0.0720 e. The van der Waals surface area contributed by atoms with E-state index < -0.39 is 0 Å². The van der Waals surface area contributed by atoms with Gasteiger partial charge in [0.15, 0.2) is 0 Å². The van der Waals surface area contributed by atoms with E-state index in [1.807, 2.05) is 12.1 Å². The first-order chi connectivity index (χ1) is 9.61. The van der Waals surface area contributed by atoms with E-state index in [-0.39, 0.29) is 25.5 Å². The molecule has 0 atom stereocenters. The second-order valence-electron chi connectivity index (χ2n) is 5.58. The second-order valence-corrected chi connectivity index (χ2v) is 5.58. The predicted octanol–water partition coefficient (Wildman–Crippen LogP) is 4.51. The fourth-order valence-electron chi connectivity index (χ4n) is 2.43. The topological polar surface area (TPSA) is 26.0 Å². The summed E-state index contributed by atoms with van der Waals surface area (Å²) in [6.45, 7) is 6.50. The molecule has 0 aliphatic heterocycles. The Hall–Kier alpha value is -1.44. The number of nitrogens with zero attached hydrogens (tertiary/aromatic N) is 1. The summed E-state index contributed by atoms with van der Waals surface area (Å²) in [6, 6.07) is 15.6. The number of aryl methyl sites for hydroxylation is 1. The average molecular weight is 457 g/mol. The molecule has 0 unspecified atom stereocenters. The number of benzene rings is 1. The van der Waals surface area contributed by atoms with Crippen molar-refractivity contribution in [2.24, 2.45) is 0 Å². The number of fused-ring (bicyclic) bond motifs is 1. The van der Waals surface area contributed by atoms with E-state index >= 15 is 0 Å². The van der Waals surface area contributed by atoms with E-state index in [4.69, 9.17) is 9.40 Å². The largest absolute Gasteiger partial charge is 0.523 e. The normalized spacial score (nSPS) is 11.4. The molecule has 3 aromatic rings. The zero-order chi connectivity index (χ0) is 14.2. The first kappa shape index (κ1) is 15.9. The summed E-state index contributed by atoms with van der Waals surface area (Å²) in [4.78, 5) is 4.76. The molecule has 0 N–H and O–H groups in total. The third-order valence-electron chi connectivity index (χ3n) is 3.87. The maximum Gasteiger partial charge on any atom is 0.0720 e. The van der Waals surface area contributed by atoms with E-state index in [9.17, 15) is 0 Å². The van der Waals surface area contributed by atoms with Crippen molar-refractivity contribution in [1.29, 1.82) is 0 Å². The summed E-state index contributed by atoms with van der Waals surface area (Å²) >= 11 is 0. The van der Waals surface area contributed by atoms with Gasteiger partial charge in [0.25, 0.3) is 0 Å². The van der Waals surface area contributed by atoms with Crippen LogP contribution in [0.3, 0.4) is 0 Å². The van der Waals surface area contributed by atoms with Gasteiger partial charge in [-0.25, -0.2) is 0 Å². The summed E-state index contributed by atoms with van der Waals surface area (Å²) in [5, 5.41) is 1.11. The van der Waals surface area contributed by atoms with E-state index in [0.717, 1.165) is 34.3 Å². The molecule has 0 bridgehead atoms. The van der Waals surface area contributed by atoms with E-state index in [1.165, 1.54) is 0 Å².